The van der Waals surface area contributed by atoms with Crippen molar-refractivity contribution in [1.29, 1.82) is 0 Å². The molecule has 3 heterocycles. The molecule has 0 aromatic carbocycles. The summed E-state index contributed by atoms with van der Waals surface area (Å²) in [4.78, 5) is 24.9. The molecular weight excluding hydrogens is 364 g/mol. The van der Waals surface area contributed by atoms with Gasteiger partial charge >= 0.3 is 5.69 Å². The Hall–Kier alpha value is -2.48. The molecule has 0 aliphatic carbocycles. The van der Waals surface area contributed by atoms with Crippen LogP contribution in [0.25, 0.3) is 0 Å². The van der Waals surface area contributed by atoms with Crippen molar-refractivity contribution >= 4 is 17.5 Å². The lowest BCUT2D eigenvalue weighted by Gasteiger charge is -2.11. The fourth-order valence-electron chi connectivity index (χ4n) is 3.10. The Balaban J connectivity index is 1.80. The van der Waals surface area contributed by atoms with Crippen molar-refractivity contribution in [2.75, 3.05) is 0 Å². The summed E-state index contributed by atoms with van der Waals surface area (Å²) in [5.74, 6) is 0.871. The van der Waals surface area contributed by atoms with E-state index in [0.29, 0.717) is 23.8 Å². The maximum Gasteiger partial charge on any atom is 0.343 e. The maximum absolute atomic E-state index is 13.0. The zero-order chi connectivity index (χ0) is 19.6. The summed E-state index contributed by atoms with van der Waals surface area (Å²) in [6.07, 6.45) is 2.47. The number of furan rings is 1. The number of H-pyrrole nitrogens is 1. The first-order valence-electron chi connectivity index (χ1n) is 8.97. The minimum Gasteiger partial charge on any atom is -0.467 e. The highest BCUT2D eigenvalue weighted by molar-refractivity contribution is 8.00. The standard InChI is InChI=1S/C19H24N4O3S/c1-5-8-22-18(25)20-21-19(22)27-14(4)17(24)16-10-12(2)23(13(16)3)11-15-7-6-9-26-15/h6-7,9-10,14H,5,8,11H2,1-4H3,(H,20,25)/t14-/m0/s1. The van der Waals surface area contributed by atoms with E-state index in [2.05, 4.69) is 14.8 Å². The number of aromatic nitrogens is 4. The van der Waals surface area contributed by atoms with E-state index in [0.717, 1.165) is 23.6 Å². The van der Waals surface area contributed by atoms with Crippen LogP contribution in [0.4, 0.5) is 0 Å². The Bertz CT molecular complexity index is 981. The lowest BCUT2D eigenvalue weighted by Crippen LogP contribution is -2.19. The van der Waals surface area contributed by atoms with Gasteiger partial charge in [-0.05, 0) is 45.4 Å². The molecule has 1 N–H and O–H groups in total. The minimum absolute atomic E-state index is 0.0253. The number of hydrogen-bond acceptors (Lipinski definition) is 5. The van der Waals surface area contributed by atoms with Crippen LogP contribution in [0, 0.1) is 13.8 Å². The third-order valence-corrected chi connectivity index (χ3v) is 5.65. The Morgan fingerprint density at radius 2 is 2.15 bits per heavy atom. The summed E-state index contributed by atoms with van der Waals surface area (Å²) in [6.45, 7) is 8.95. The van der Waals surface area contributed by atoms with Gasteiger partial charge in [-0.2, -0.15) is 0 Å². The summed E-state index contributed by atoms with van der Waals surface area (Å²) in [5.41, 5.74) is 2.37. The Labute approximate surface area is 161 Å². The zero-order valence-corrected chi connectivity index (χ0v) is 16.8. The first-order chi connectivity index (χ1) is 12.9. The van der Waals surface area contributed by atoms with Crippen molar-refractivity contribution in [1.82, 2.24) is 19.3 Å². The third-order valence-electron chi connectivity index (χ3n) is 4.56. The van der Waals surface area contributed by atoms with Crippen LogP contribution in [0.5, 0.6) is 0 Å². The number of thioether (sulfide) groups is 1. The molecule has 0 unspecified atom stereocenters. The van der Waals surface area contributed by atoms with Crippen LogP contribution in [0.15, 0.2) is 38.8 Å². The molecule has 0 saturated carbocycles. The van der Waals surface area contributed by atoms with Crippen molar-refractivity contribution in [3.63, 3.8) is 0 Å². The molecule has 27 heavy (non-hydrogen) atoms. The maximum atomic E-state index is 13.0. The predicted molar refractivity (Wildman–Crippen MR) is 105 cm³/mol. The summed E-state index contributed by atoms with van der Waals surface area (Å²) < 4.78 is 9.08. The summed E-state index contributed by atoms with van der Waals surface area (Å²) in [5, 5.41) is 6.73. The number of aryl methyl sites for hydroxylation is 1. The van der Waals surface area contributed by atoms with Crippen molar-refractivity contribution in [2.24, 2.45) is 0 Å². The molecular formula is C19H24N4O3S. The molecule has 3 rings (SSSR count). The third kappa shape index (κ3) is 3.95. The highest BCUT2D eigenvalue weighted by Gasteiger charge is 2.24. The van der Waals surface area contributed by atoms with E-state index in [-0.39, 0.29) is 16.7 Å². The van der Waals surface area contributed by atoms with Gasteiger partial charge in [0.2, 0.25) is 0 Å². The largest absolute Gasteiger partial charge is 0.467 e. The van der Waals surface area contributed by atoms with E-state index >= 15 is 0 Å². The van der Waals surface area contributed by atoms with Gasteiger partial charge in [0.05, 0.1) is 18.1 Å². The number of hydrogen-bond donors (Lipinski definition) is 1. The van der Waals surface area contributed by atoms with E-state index in [1.54, 1.807) is 10.8 Å². The van der Waals surface area contributed by atoms with Crippen molar-refractivity contribution in [3.8, 4) is 0 Å². The van der Waals surface area contributed by atoms with Crippen LogP contribution in [0.3, 0.4) is 0 Å². The molecule has 1 atom stereocenters. The SMILES string of the molecule is CCCn1c(S[C@@H](C)C(=O)c2cc(C)n(Cc3ccco3)c2C)n[nH]c1=O. The van der Waals surface area contributed by atoms with Gasteiger partial charge in [-0.3, -0.25) is 9.36 Å². The van der Waals surface area contributed by atoms with E-state index in [4.69, 9.17) is 4.42 Å². The number of nitrogens with one attached hydrogen (secondary N) is 1. The van der Waals surface area contributed by atoms with Crippen LogP contribution in [0.1, 0.15) is 47.8 Å². The Morgan fingerprint density at radius 3 is 2.81 bits per heavy atom. The van der Waals surface area contributed by atoms with Gasteiger partial charge in [-0.1, -0.05) is 18.7 Å². The number of aromatic amines is 1. The molecule has 0 aliphatic rings. The van der Waals surface area contributed by atoms with Gasteiger partial charge in [0.1, 0.15) is 5.76 Å². The van der Waals surface area contributed by atoms with E-state index in [1.807, 2.05) is 45.9 Å². The number of ketones is 1. The first kappa shape index (κ1) is 19.3. The van der Waals surface area contributed by atoms with Crippen LogP contribution in [0.2, 0.25) is 0 Å². The number of carbonyl (C=O) groups is 1. The lowest BCUT2D eigenvalue weighted by molar-refractivity contribution is 0.0993. The number of Topliss-reactive ketones (excluding diaryl/α,β-unsaturated/α-hetero) is 1. The molecule has 7 nitrogen and oxygen atoms in total. The quantitative estimate of drug-likeness (QED) is 0.472. The molecule has 3 aromatic heterocycles. The fourth-order valence-corrected chi connectivity index (χ4v) is 4.05. The van der Waals surface area contributed by atoms with Crippen LogP contribution in [-0.4, -0.2) is 30.4 Å². The molecule has 0 amide bonds. The summed E-state index contributed by atoms with van der Waals surface area (Å²) in [7, 11) is 0. The van der Waals surface area contributed by atoms with Crippen LogP contribution in [-0.2, 0) is 13.1 Å². The normalized spacial score (nSPS) is 12.4. The molecule has 0 saturated heterocycles. The Kier molecular flexibility index (Phi) is 5.74. The summed E-state index contributed by atoms with van der Waals surface area (Å²) in [6, 6.07) is 5.69. The topological polar surface area (TPSA) is 85.8 Å². The molecule has 144 valence electrons. The second-order valence-electron chi connectivity index (χ2n) is 6.54. The zero-order valence-electron chi connectivity index (χ0n) is 16.0. The van der Waals surface area contributed by atoms with Gasteiger partial charge in [0.25, 0.3) is 0 Å². The van der Waals surface area contributed by atoms with E-state index in [9.17, 15) is 9.59 Å². The first-order valence-corrected chi connectivity index (χ1v) is 9.85. The monoisotopic (exact) mass is 388 g/mol. The summed E-state index contributed by atoms with van der Waals surface area (Å²) >= 11 is 1.31. The highest BCUT2D eigenvalue weighted by Crippen LogP contribution is 2.26. The average Bonchev–Trinajstić information content (AvgIpc) is 3.34. The molecule has 0 radical (unpaired) electrons. The van der Waals surface area contributed by atoms with Crippen molar-refractivity contribution in [3.05, 3.63) is 57.7 Å². The molecule has 0 aliphatic heterocycles. The molecule has 0 bridgehead atoms. The molecule has 8 heteroatoms. The predicted octanol–water partition coefficient (Wildman–Crippen LogP) is 3.40. The van der Waals surface area contributed by atoms with Gasteiger partial charge < -0.3 is 8.98 Å². The lowest BCUT2D eigenvalue weighted by atomic mass is 10.1. The van der Waals surface area contributed by atoms with E-state index < -0.39 is 0 Å². The van der Waals surface area contributed by atoms with Crippen LogP contribution >= 0.6 is 11.8 Å². The van der Waals surface area contributed by atoms with Gasteiger partial charge in [0, 0.05) is 23.5 Å². The van der Waals surface area contributed by atoms with Crippen LogP contribution < -0.4 is 5.69 Å². The Morgan fingerprint density at radius 1 is 1.37 bits per heavy atom. The van der Waals surface area contributed by atoms with Gasteiger partial charge in [-0.15, -0.1) is 5.10 Å². The molecule has 3 aromatic rings. The molecule has 0 spiro atoms. The van der Waals surface area contributed by atoms with Crippen molar-refractivity contribution in [2.45, 2.75) is 57.6 Å². The highest BCUT2D eigenvalue weighted by atomic mass is 32.2. The number of nitrogens with zero attached hydrogens (tertiary/aromatic N) is 3. The van der Waals surface area contributed by atoms with E-state index in [1.165, 1.54) is 11.8 Å². The molecule has 0 fully saturated rings. The second-order valence-corrected chi connectivity index (χ2v) is 7.85. The van der Waals surface area contributed by atoms with Crippen molar-refractivity contribution < 1.29 is 9.21 Å². The van der Waals surface area contributed by atoms with Gasteiger partial charge in [-0.25, -0.2) is 9.89 Å². The smallest absolute Gasteiger partial charge is 0.343 e. The second kappa shape index (κ2) is 8.04. The number of rotatable bonds is 8. The average molecular weight is 388 g/mol. The fraction of sp³-hybridized carbons (Fsp3) is 0.421. The number of carbonyl (C=O) groups excluding carboxylic acids is 1. The van der Waals surface area contributed by atoms with Gasteiger partial charge in [0.15, 0.2) is 10.9 Å². The minimum atomic E-state index is -0.353.